The molecule has 0 bridgehead atoms. The number of rotatable bonds is 8. The van der Waals surface area contributed by atoms with E-state index >= 15 is 3.47 Å². The van der Waals surface area contributed by atoms with E-state index < -0.39 is 38.9 Å². The van der Waals surface area contributed by atoms with Gasteiger partial charge in [0.25, 0.3) is 0 Å². The molecule has 0 fully saturated rings. The summed E-state index contributed by atoms with van der Waals surface area (Å²) in [5.74, 6) is 0. The van der Waals surface area contributed by atoms with Crippen LogP contribution in [0.4, 0.5) is 3.47 Å². The quantitative estimate of drug-likeness (QED) is 0.106. The molecule has 10 rings (SSSR count). The Kier molecular flexibility index (Phi) is 8.57. The molecule has 54 heavy (non-hydrogen) atoms. The molecule has 0 aliphatic heterocycles. The molecule has 0 unspecified atom stereocenters. The van der Waals surface area contributed by atoms with Gasteiger partial charge in [0.15, 0.2) is 0 Å². The van der Waals surface area contributed by atoms with Gasteiger partial charge in [0, 0.05) is 0 Å². The van der Waals surface area contributed by atoms with E-state index in [0.717, 1.165) is 44.5 Å². The van der Waals surface area contributed by atoms with Gasteiger partial charge in [-0.05, 0) is 0 Å². The third kappa shape index (κ3) is 4.89. The van der Waals surface area contributed by atoms with Crippen molar-refractivity contribution in [2.24, 2.45) is 0 Å². The molecular formula is C50H36AsFP2. The fourth-order valence-corrected chi connectivity index (χ4v) is 26.6. The summed E-state index contributed by atoms with van der Waals surface area (Å²) in [6.45, 7) is 0. The van der Waals surface area contributed by atoms with Crippen molar-refractivity contribution in [3.8, 4) is 22.3 Å². The van der Waals surface area contributed by atoms with Crippen molar-refractivity contribution in [2.75, 3.05) is 0 Å². The number of hydrogen-bond donors (Lipinski definition) is 0. The van der Waals surface area contributed by atoms with Gasteiger partial charge < -0.3 is 0 Å². The SMILES string of the molecule is F[As](C1(P(c2ccccc2)c2ccccc2)c2ccccc2-c2ccccc21)C1(P(c2ccccc2)c2ccccc2)c2ccccc2-c2ccccc21. The number of benzene rings is 8. The minimum atomic E-state index is -3.88. The third-order valence-electron chi connectivity index (χ3n) is 11.1. The third-order valence-corrected chi connectivity index (χ3v) is 25.3. The predicted molar refractivity (Wildman–Crippen MR) is 230 cm³/mol. The van der Waals surface area contributed by atoms with Crippen LogP contribution >= 0.6 is 15.8 Å². The van der Waals surface area contributed by atoms with Gasteiger partial charge >= 0.3 is 326 Å². The molecule has 258 valence electrons. The van der Waals surface area contributed by atoms with Crippen LogP contribution in [-0.2, 0) is 7.89 Å². The second kappa shape index (κ2) is 13.8. The monoisotopic (exact) mass is 792 g/mol. The molecule has 0 amide bonds. The molecule has 0 saturated heterocycles. The molecule has 0 radical (unpaired) electrons. The van der Waals surface area contributed by atoms with Crippen LogP contribution in [0.2, 0.25) is 0 Å². The first-order chi connectivity index (χ1) is 26.8. The van der Waals surface area contributed by atoms with Gasteiger partial charge in [0.1, 0.15) is 0 Å². The second-order valence-electron chi connectivity index (χ2n) is 13.8. The van der Waals surface area contributed by atoms with Crippen LogP contribution in [-0.4, -0.2) is 15.1 Å². The average Bonchev–Trinajstić information content (AvgIpc) is 3.71. The van der Waals surface area contributed by atoms with Crippen LogP contribution in [0.25, 0.3) is 22.3 Å². The zero-order chi connectivity index (χ0) is 36.1. The van der Waals surface area contributed by atoms with Crippen LogP contribution < -0.4 is 21.2 Å². The Balaban J connectivity index is 1.42. The predicted octanol–water partition coefficient (Wildman–Crippen LogP) is 11.1. The van der Waals surface area contributed by atoms with Gasteiger partial charge in [-0.3, -0.25) is 0 Å². The Morgan fingerprint density at radius 2 is 0.481 bits per heavy atom. The second-order valence-corrected chi connectivity index (χ2v) is 24.1. The van der Waals surface area contributed by atoms with E-state index in [2.05, 4.69) is 218 Å². The van der Waals surface area contributed by atoms with E-state index in [1.165, 1.54) is 21.2 Å². The molecule has 8 aromatic carbocycles. The van der Waals surface area contributed by atoms with Crippen LogP contribution in [0, 0.1) is 0 Å². The molecule has 0 spiro atoms. The molecular weight excluding hydrogens is 756 g/mol. The van der Waals surface area contributed by atoms with E-state index in [0.29, 0.717) is 0 Å². The van der Waals surface area contributed by atoms with Crippen molar-refractivity contribution in [3.05, 3.63) is 241 Å². The summed E-state index contributed by atoms with van der Waals surface area (Å²) in [5, 5.41) is 4.78. The van der Waals surface area contributed by atoms with Crippen LogP contribution in [0.1, 0.15) is 22.3 Å². The summed E-state index contributed by atoms with van der Waals surface area (Å²) < 4.78 is 19.4. The van der Waals surface area contributed by atoms with E-state index in [4.69, 9.17) is 0 Å². The summed E-state index contributed by atoms with van der Waals surface area (Å²) in [7, 11) is -2.68. The first-order valence-electron chi connectivity index (χ1n) is 18.4. The Morgan fingerprint density at radius 1 is 0.278 bits per heavy atom. The van der Waals surface area contributed by atoms with Crippen molar-refractivity contribution >= 4 is 52.2 Å². The zero-order valence-corrected chi connectivity index (χ0v) is 33.2. The Morgan fingerprint density at radius 3 is 0.722 bits per heavy atom. The fourth-order valence-electron chi connectivity index (χ4n) is 9.05. The molecule has 0 nitrogen and oxygen atoms in total. The standard InChI is InChI=1S/C50H36AsFP2/c52-51(49(45-33-17-13-29-41(45)42-30-14-18-34-46(42)49)53(37-21-5-1-6-22-37)38-23-7-2-8-24-38)50(47-35-19-15-31-43(47)44-32-16-20-36-48(44)50)54(39-25-9-3-10-26-39)40-27-11-4-12-28-40/h1-36H. The molecule has 4 heteroatoms. The van der Waals surface area contributed by atoms with Crippen molar-refractivity contribution in [2.45, 2.75) is 7.89 Å². The van der Waals surface area contributed by atoms with Crippen LogP contribution in [0.5, 0.6) is 0 Å². The molecule has 0 atom stereocenters. The van der Waals surface area contributed by atoms with Crippen molar-refractivity contribution in [3.63, 3.8) is 0 Å². The van der Waals surface area contributed by atoms with Crippen LogP contribution in [0.3, 0.4) is 0 Å². The first-order valence-corrected chi connectivity index (χ1v) is 23.7. The van der Waals surface area contributed by atoms with Crippen molar-refractivity contribution in [1.29, 1.82) is 0 Å². The summed E-state index contributed by atoms with van der Waals surface area (Å²) in [4.78, 5) is 0. The molecule has 0 N–H and O–H groups in total. The molecule has 0 aromatic heterocycles. The summed E-state index contributed by atoms with van der Waals surface area (Å²) in [6.07, 6.45) is 0. The van der Waals surface area contributed by atoms with E-state index in [1.807, 2.05) is 0 Å². The Bertz CT molecular complexity index is 2240. The van der Waals surface area contributed by atoms with Gasteiger partial charge in [-0.2, -0.15) is 0 Å². The van der Waals surface area contributed by atoms with Gasteiger partial charge in [0.2, 0.25) is 0 Å². The summed E-state index contributed by atoms with van der Waals surface area (Å²) >= 11 is -3.88. The molecule has 2 aliphatic carbocycles. The van der Waals surface area contributed by atoms with Gasteiger partial charge in [-0.1, -0.05) is 0 Å². The van der Waals surface area contributed by atoms with Gasteiger partial charge in [0.05, 0.1) is 0 Å². The van der Waals surface area contributed by atoms with Gasteiger partial charge in [-0.15, -0.1) is 0 Å². The normalized spacial score (nSPS) is 14.4. The van der Waals surface area contributed by atoms with E-state index in [1.54, 1.807) is 0 Å². The molecule has 8 aromatic rings. The first kappa shape index (κ1) is 33.7. The molecule has 0 heterocycles. The number of fused-ring (bicyclic) bond motifs is 6. The molecule has 0 saturated carbocycles. The fraction of sp³-hybridized carbons (Fsp3) is 0.0400. The van der Waals surface area contributed by atoms with E-state index in [9.17, 15) is 0 Å². The minimum absolute atomic E-state index is 0.938. The number of hydrogen-bond acceptors (Lipinski definition) is 0. The Labute approximate surface area is 324 Å². The van der Waals surface area contributed by atoms with Gasteiger partial charge in [-0.25, -0.2) is 0 Å². The zero-order valence-electron chi connectivity index (χ0n) is 29.5. The summed E-state index contributed by atoms with van der Waals surface area (Å²) in [5.41, 5.74) is 9.14. The van der Waals surface area contributed by atoms with Crippen molar-refractivity contribution < 1.29 is 3.47 Å². The summed E-state index contributed by atoms with van der Waals surface area (Å²) in [6, 6.07) is 78.7. The van der Waals surface area contributed by atoms with Crippen molar-refractivity contribution in [1.82, 2.24) is 0 Å². The Hall–Kier alpha value is -4.89. The maximum absolute atomic E-state index is 21.3. The van der Waals surface area contributed by atoms with Crippen LogP contribution in [0.15, 0.2) is 218 Å². The van der Waals surface area contributed by atoms with E-state index in [-0.39, 0.29) is 0 Å². The average molecular weight is 793 g/mol. The number of halogens is 1. The maximum atomic E-state index is 21.3. The topological polar surface area (TPSA) is 0 Å². The molecule has 2 aliphatic rings.